The zero-order valence-electron chi connectivity index (χ0n) is 17.9. The number of nitrogens with two attached hydrogens (primary N) is 1. The van der Waals surface area contributed by atoms with E-state index >= 15 is 0 Å². The first-order valence-corrected chi connectivity index (χ1v) is 10.2. The molecule has 0 spiro atoms. The number of nitrogens with one attached hydrogen (secondary N) is 3. The van der Waals surface area contributed by atoms with E-state index in [1.807, 2.05) is 77.8 Å². The molecular weight excluding hydrogens is 392 g/mol. The lowest BCUT2D eigenvalue weighted by Gasteiger charge is -2.27. The van der Waals surface area contributed by atoms with E-state index in [4.69, 9.17) is 10.5 Å². The van der Waals surface area contributed by atoms with Gasteiger partial charge in [0, 0.05) is 0 Å². The van der Waals surface area contributed by atoms with Crippen LogP contribution in [0.25, 0.3) is 6.08 Å². The van der Waals surface area contributed by atoms with Gasteiger partial charge in [0.1, 0.15) is 6.04 Å². The van der Waals surface area contributed by atoms with E-state index < -0.39 is 11.6 Å². The summed E-state index contributed by atoms with van der Waals surface area (Å²) in [7, 11) is 0. The highest BCUT2D eigenvalue weighted by Crippen LogP contribution is 2.08. The fourth-order valence-electron chi connectivity index (χ4n) is 2.92. The lowest BCUT2D eigenvalue weighted by atomic mass is 10.1. The third kappa shape index (κ3) is 6.92. The number of carbonyl (C=O) groups is 1. The molecule has 8 nitrogen and oxygen atoms in total. The molecule has 5 N–H and O–H groups in total. The predicted molar refractivity (Wildman–Crippen MR) is 122 cm³/mol. The molecule has 0 unspecified atom stereocenters. The Morgan fingerprint density at radius 2 is 1.87 bits per heavy atom. The number of hydrazine groups is 2. The lowest BCUT2D eigenvalue weighted by molar-refractivity contribution is -0.126. The van der Waals surface area contributed by atoms with Gasteiger partial charge in [-0.25, -0.2) is 5.53 Å². The summed E-state index contributed by atoms with van der Waals surface area (Å²) in [4.78, 5) is 12.6. The van der Waals surface area contributed by atoms with E-state index in [1.165, 1.54) is 0 Å². The van der Waals surface area contributed by atoms with Crippen molar-refractivity contribution < 1.29 is 9.53 Å². The molecule has 3 rings (SSSR count). The van der Waals surface area contributed by atoms with Gasteiger partial charge in [-0.1, -0.05) is 72.8 Å². The molecule has 8 heteroatoms. The summed E-state index contributed by atoms with van der Waals surface area (Å²) in [6.45, 7) is 4.55. The lowest BCUT2D eigenvalue weighted by Crippen LogP contribution is -2.58. The van der Waals surface area contributed by atoms with E-state index in [0.29, 0.717) is 19.0 Å². The Kier molecular flexibility index (Phi) is 7.77. The van der Waals surface area contributed by atoms with Crippen LogP contribution >= 0.6 is 0 Å². The molecule has 0 saturated heterocycles. The first-order valence-electron chi connectivity index (χ1n) is 10.2. The molecule has 0 aliphatic carbocycles. The molecule has 2 aromatic carbocycles. The maximum Gasteiger partial charge on any atom is 0.240 e. The molecule has 0 fully saturated rings. The van der Waals surface area contributed by atoms with Gasteiger partial charge in [0.2, 0.25) is 5.91 Å². The van der Waals surface area contributed by atoms with Crippen molar-refractivity contribution >= 4 is 17.8 Å². The number of nitrogens with zero attached hydrogens (tertiary/aromatic N) is 2. The zero-order valence-corrected chi connectivity index (χ0v) is 17.9. The molecular formula is C23H30N6O2. The van der Waals surface area contributed by atoms with Gasteiger partial charge in [0.25, 0.3) is 0 Å². The minimum atomic E-state index is -1.02. The second kappa shape index (κ2) is 10.7. The molecule has 1 heterocycles. The molecule has 1 aliphatic rings. The summed E-state index contributed by atoms with van der Waals surface area (Å²) in [6, 6.07) is 19.4. The van der Waals surface area contributed by atoms with Gasteiger partial charge in [-0.3, -0.25) is 9.80 Å². The van der Waals surface area contributed by atoms with Crippen LogP contribution in [0.3, 0.4) is 0 Å². The average Bonchev–Trinajstić information content (AvgIpc) is 3.22. The highest BCUT2D eigenvalue weighted by molar-refractivity contribution is 5.94. The van der Waals surface area contributed by atoms with Gasteiger partial charge >= 0.3 is 0 Å². The summed E-state index contributed by atoms with van der Waals surface area (Å²) in [6.07, 6.45) is 4.04. The van der Waals surface area contributed by atoms with Crippen LogP contribution in [0.15, 0.2) is 71.8 Å². The van der Waals surface area contributed by atoms with Crippen molar-refractivity contribution in [3.8, 4) is 0 Å². The number of benzene rings is 2. The van der Waals surface area contributed by atoms with Crippen LogP contribution in [-0.2, 0) is 16.1 Å². The number of rotatable bonds is 10. The van der Waals surface area contributed by atoms with Crippen LogP contribution in [0.5, 0.6) is 0 Å². The number of hydrazone groups is 1. The van der Waals surface area contributed by atoms with Crippen LogP contribution in [0.4, 0.5) is 0 Å². The molecule has 1 aliphatic heterocycles. The maximum absolute atomic E-state index is 12.6. The molecule has 31 heavy (non-hydrogen) atoms. The molecule has 1 amide bonds. The van der Waals surface area contributed by atoms with E-state index in [2.05, 4.69) is 21.5 Å². The van der Waals surface area contributed by atoms with E-state index in [1.54, 1.807) is 13.8 Å². The molecule has 0 aromatic heterocycles. The average molecular weight is 423 g/mol. The number of ether oxygens (including phenoxy) is 1. The van der Waals surface area contributed by atoms with Crippen LogP contribution in [0.1, 0.15) is 25.0 Å². The van der Waals surface area contributed by atoms with Gasteiger partial charge in [0.05, 0.1) is 25.3 Å². The van der Waals surface area contributed by atoms with Crippen molar-refractivity contribution in [3.05, 3.63) is 77.9 Å². The molecule has 2 aromatic rings. The Morgan fingerprint density at radius 3 is 2.55 bits per heavy atom. The second-order valence-corrected chi connectivity index (χ2v) is 7.87. The third-order valence-electron chi connectivity index (χ3n) is 4.63. The number of amidine groups is 1. The van der Waals surface area contributed by atoms with Crippen molar-refractivity contribution in [2.75, 3.05) is 13.2 Å². The van der Waals surface area contributed by atoms with Crippen LogP contribution in [0, 0.1) is 0 Å². The summed E-state index contributed by atoms with van der Waals surface area (Å²) in [5.41, 5.74) is 12.9. The first-order chi connectivity index (χ1) is 14.9. The highest BCUT2D eigenvalue weighted by Gasteiger charge is 2.31. The minimum absolute atomic E-state index is 0.248. The van der Waals surface area contributed by atoms with Crippen LogP contribution in [-0.4, -0.2) is 41.5 Å². The number of carbonyl (C=O) groups excluding carboxylic acids is 1. The van der Waals surface area contributed by atoms with Crippen molar-refractivity contribution in [2.24, 2.45) is 10.8 Å². The minimum Gasteiger partial charge on any atom is -0.374 e. The summed E-state index contributed by atoms with van der Waals surface area (Å²) >= 11 is 0. The third-order valence-corrected chi connectivity index (χ3v) is 4.63. The standard InChI is InChI=1S/C23H30N6O2/c1-23(2,24)22(30)25-20(17-31-16-19-12-7-4-8-13-19)21-26-27-28-29(21)15-9-14-18-10-5-3-6-11-18/h3-14,20,27-28H,15-17,24H2,1-2H3,(H,25,30)/t20-/m1/s1. The van der Waals surface area contributed by atoms with Crippen LogP contribution < -0.4 is 22.1 Å². The largest absolute Gasteiger partial charge is 0.374 e. The Hall–Kier alpha value is -3.20. The van der Waals surface area contributed by atoms with Crippen LogP contribution in [0.2, 0.25) is 0 Å². The SMILES string of the molecule is CC(C)(N)C(=O)N[C@H](COCc1ccccc1)C1=NNNN1CC=Cc1ccccc1. The molecule has 1 atom stereocenters. The molecule has 0 saturated carbocycles. The topological polar surface area (TPSA) is 104 Å². The Labute approximate surface area is 183 Å². The molecule has 164 valence electrons. The normalized spacial score (nSPS) is 14.9. The first kappa shape index (κ1) is 22.5. The number of hydrogen-bond acceptors (Lipinski definition) is 7. The molecule has 0 radical (unpaired) electrons. The highest BCUT2D eigenvalue weighted by atomic mass is 16.5. The van der Waals surface area contributed by atoms with Crippen molar-refractivity contribution in [3.63, 3.8) is 0 Å². The van der Waals surface area contributed by atoms with Gasteiger partial charge < -0.3 is 15.8 Å². The zero-order chi connectivity index (χ0) is 22.1. The maximum atomic E-state index is 12.6. The van der Waals surface area contributed by atoms with Gasteiger partial charge in [0.15, 0.2) is 5.84 Å². The predicted octanol–water partition coefficient (Wildman–Crippen LogP) is 1.78. The summed E-state index contributed by atoms with van der Waals surface area (Å²) < 4.78 is 5.89. The van der Waals surface area contributed by atoms with Gasteiger partial charge in [-0.15, -0.1) is 10.6 Å². The Morgan fingerprint density at radius 1 is 1.19 bits per heavy atom. The quantitative estimate of drug-likeness (QED) is 0.465. The number of hydrogen-bond donors (Lipinski definition) is 4. The Bertz CT molecular complexity index is 893. The van der Waals surface area contributed by atoms with E-state index in [0.717, 1.165) is 11.1 Å². The van der Waals surface area contributed by atoms with Crippen molar-refractivity contribution in [1.82, 2.24) is 21.4 Å². The van der Waals surface area contributed by atoms with Gasteiger partial charge in [-0.05, 0) is 25.0 Å². The Balaban J connectivity index is 1.65. The second-order valence-electron chi connectivity index (χ2n) is 7.87. The fourth-order valence-corrected chi connectivity index (χ4v) is 2.92. The monoisotopic (exact) mass is 422 g/mol. The van der Waals surface area contributed by atoms with Crippen molar-refractivity contribution in [1.29, 1.82) is 0 Å². The van der Waals surface area contributed by atoms with Crippen molar-refractivity contribution in [2.45, 2.75) is 32.0 Å². The van der Waals surface area contributed by atoms with Gasteiger partial charge in [-0.2, -0.15) is 0 Å². The smallest absolute Gasteiger partial charge is 0.240 e. The number of amides is 1. The molecule has 0 bridgehead atoms. The van der Waals surface area contributed by atoms with E-state index in [9.17, 15) is 4.79 Å². The summed E-state index contributed by atoms with van der Waals surface area (Å²) in [5.74, 6) is 0.332. The fraction of sp³-hybridized carbons (Fsp3) is 0.304. The summed E-state index contributed by atoms with van der Waals surface area (Å²) in [5, 5.41) is 9.09. The van der Waals surface area contributed by atoms with E-state index in [-0.39, 0.29) is 12.5 Å².